The summed E-state index contributed by atoms with van der Waals surface area (Å²) in [6, 6.07) is 6.05. The topological polar surface area (TPSA) is 59.2 Å². The van der Waals surface area contributed by atoms with Gasteiger partial charge in [-0.1, -0.05) is 19.9 Å². The minimum absolute atomic E-state index is 0. The fraction of sp³-hybridized carbons (Fsp3) is 0.600. The lowest BCUT2D eigenvalue weighted by molar-refractivity contribution is -0.131. The van der Waals surface area contributed by atoms with E-state index in [2.05, 4.69) is 18.8 Å². The zero-order valence-electron chi connectivity index (χ0n) is 13.0. The van der Waals surface area contributed by atoms with Crippen LogP contribution in [0, 0.1) is 5.41 Å². The van der Waals surface area contributed by atoms with Gasteiger partial charge in [0.25, 0.3) is 0 Å². The molecule has 0 aromatic carbocycles. The van der Waals surface area contributed by atoms with Crippen molar-refractivity contribution in [3.63, 3.8) is 0 Å². The van der Waals surface area contributed by atoms with Gasteiger partial charge in [0.05, 0.1) is 11.4 Å². The number of rotatable bonds is 4. The number of amides is 1. The Morgan fingerprint density at radius 1 is 1.45 bits per heavy atom. The van der Waals surface area contributed by atoms with Crippen molar-refractivity contribution in [1.82, 2.24) is 9.88 Å². The lowest BCUT2D eigenvalue weighted by atomic mass is 9.80. The molecular weight excluding hydrogens is 341 g/mol. The minimum Gasteiger partial charge on any atom is -0.341 e. The maximum Gasteiger partial charge on any atom is 0.232 e. The molecule has 1 aliphatic heterocycles. The SMILES string of the molecule is CC1(C)CN(C(=O)CSCc2ccccn2)CCC1N.Cl.Cl. The van der Waals surface area contributed by atoms with E-state index in [9.17, 15) is 4.79 Å². The van der Waals surface area contributed by atoms with Gasteiger partial charge in [-0.25, -0.2) is 0 Å². The van der Waals surface area contributed by atoms with Crippen molar-refractivity contribution in [2.75, 3.05) is 18.8 Å². The Morgan fingerprint density at radius 3 is 2.77 bits per heavy atom. The first kappa shape index (κ1) is 21.5. The van der Waals surface area contributed by atoms with Crippen LogP contribution >= 0.6 is 36.6 Å². The van der Waals surface area contributed by atoms with Crippen LogP contribution in [0.4, 0.5) is 0 Å². The predicted molar refractivity (Wildman–Crippen MR) is 97.8 cm³/mol. The van der Waals surface area contributed by atoms with Crippen molar-refractivity contribution in [2.45, 2.75) is 32.1 Å². The summed E-state index contributed by atoms with van der Waals surface area (Å²) in [5, 5.41) is 0. The molecular formula is C15H25Cl2N3OS. The van der Waals surface area contributed by atoms with Gasteiger partial charge in [0.15, 0.2) is 0 Å². The van der Waals surface area contributed by atoms with Crippen LogP contribution in [-0.4, -0.2) is 40.7 Å². The van der Waals surface area contributed by atoms with Crippen molar-refractivity contribution < 1.29 is 4.79 Å². The average molecular weight is 366 g/mol. The highest BCUT2D eigenvalue weighted by atomic mass is 35.5. The van der Waals surface area contributed by atoms with E-state index < -0.39 is 0 Å². The van der Waals surface area contributed by atoms with E-state index in [0.29, 0.717) is 5.75 Å². The Balaban J connectivity index is 0.00000220. The van der Waals surface area contributed by atoms with Gasteiger partial charge in [-0.15, -0.1) is 36.6 Å². The van der Waals surface area contributed by atoms with E-state index in [1.807, 2.05) is 23.1 Å². The lowest BCUT2D eigenvalue weighted by Gasteiger charge is -2.42. The molecule has 1 aromatic heterocycles. The molecule has 0 aliphatic carbocycles. The van der Waals surface area contributed by atoms with Crippen LogP contribution in [-0.2, 0) is 10.5 Å². The molecule has 0 bridgehead atoms. The molecule has 2 N–H and O–H groups in total. The van der Waals surface area contributed by atoms with Gasteiger partial charge in [-0.3, -0.25) is 9.78 Å². The van der Waals surface area contributed by atoms with Crippen molar-refractivity contribution in [3.8, 4) is 0 Å². The van der Waals surface area contributed by atoms with Crippen molar-refractivity contribution in [3.05, 3.63) is 30.1 Å². The number of pyridine rings is 1. The number of nitrogens with zero attached hydrogens (tertiary/aromatic N) is 2. The van der Waals surface area contributed by atoms with Crippen LogP contribution in [0.5, 0.6) is 0 Å². The van der Waals surface area contributed by atoms with Gasteiger partial charge in [0, 0.05) is 31.1 Å². The number of hydrogen-bond acceptors (Lipinski definition) is 4. The first-order valence-electron chi connectivity index (χ1n) is 7.00. The highest BCUT2D eigenvalue weighted by Gasteiger charge is 2.35. The summed E-state index contributed by atoms with van der Waals surface area (Å²) in [7, 11) is 0. The Hall–Kier alpha value is -0.490. The number of likely N-dealkylation sites (tertiary alicyclic amines) is 1. The Labute approximate surface area is 149 Å². The van der Waals surface area contributed by atoms with Crippen LogP contribution in [0.3, 0.4) is 0 Å². The summed E-state index contributed by atoms with van der Waals surface area (Å²) >= 11 is 1.62. The summed E-state index contributed by atoms with van der Waals surface area (Å²) in [6.45, 7) is 5.82. The van der Waals surface area contributed by atoms with Gasteiger partial charge in [-0.2, -0.15) is 0 Å². The van der Waals surface area contributed by atoms with Gasteiger partial charge >= 0.3 is 0 Å². The number of carbonyl (C=O) groups is 1. The minimum atomic E-state index is 0. The van der Waals surface area contributed by atoms with E-state index in [1.54, 1.807) is 18.0 Å². The van der Waals surface area contributed by atoms with Crippen molar-refractivity contribution in [1.29, 1.82) is 0 Å². The van der Waals surface area contributed by atoms with Crippen LogP contribution in [0.25, 0.3) is 0 Å². The fourth-order valence-corrected chi connectivity index (χ4v) is 3.24. The van der Waals surface area contributed by atoms with Gasteiger partial charge in [0.1, 0.15) is 0 Å². The number of hydrogen-bond donors (Lipinski definition) is 1. The summed E-state index contributed by atoms with van der Waals surface area (Å²) < 4.78 is 0. The number of aromatic nitrogens is 1. The second-order valence-corrected chi connectivity index (χ2v) is 7.00. The number of nitrogens with two attached hydrogens (primary N) is 1. The fourth-order valence-electron chi connectivity index (χ4n) is 2.40. The standard InChI is InChI=1S/C15H23N3OS.2ClH/c1-15(2)11-18(8-6-13(15)16)14(19)10-20-9-12-5-3-4-7-17-12;;/h3-5,7,13H,6,8-11,16H2,1-2H3;2*1H. The number of carbonyl (C=O) groups excluding carboxylic acids is 1. The van der Waals surface area contributed by atoms with Crippen LogP contribution in [0.2, 0.25) is 0 Å². The second-order valence-electron chi connectivity index (χ2n) is 6.01. The van der Waals surface area contributed by atoms with Gasteiger partial charge in [-0.05, 0) is 24.0 Å². The molecule has 0 saturated carbocycles. The molecule has 126 valence electrons. The largest absolute Gasteiger partial charge is 0.341 e. The molecule has 1 aromatic rings. The summed E-state index contributed by atoms with van der Waals surface area (Å²) in [6.07, 6.45) is 2.68. The zero-order valence-corrected chi connectivity index (χ0v) is 15.5. The molecule has 7 heteroatoms. The molecule has 1 saturated heterocycles. The monoisotopic (exact) mass is 365 g/mol. The maximum absolute atomic E-state index is 12.2. The molecule has 2 heterocycles. The Morgan fingerprint density at radius 2 is 2.18 bits per heavy atom. The van der Waals surface area contributed by atoms with Crippen molar-refractivity contribution in [2.24, 2.45) is 11.1 Å². The van der Waals surface area contributed by atoms with Gasteiger partial charge < -0.3 is 10.6 Å². The lowest BCUT2D eigenvalue weighted by Crippen LogP contribution is -2.54. The maximum atomic E-state index is 12.2. The molecule has 2 rings (SSSR count). The first-order chi connectivity index (χ1) is 9.49. The Kier molecular flexibility index (Phi) is 9.39. The third kappa shape index (κ3) is 5.95. The highest BCUT2D eigenvalue weighted by molar-refractivity contribution is 7.99. The molecule has 1 amide bonds. The van der Waals surface area contributed by atoms with E-state index >= 15 is 0 Å². The van der Waals surface area contributed by atoms with Crippen molar-refractivity contribution >= 4 is 42.5 Å². The third-order valence-corrected chi connectivity index (χ3v) is 4.82. The molecule has 0 spiro atoms. The molecule has 22 heavy (non-hydrogen) atoms. The summed E-state index contributed by atoms with van der Waals surface area (Å²) in [5.41, 5.74) is 7.13. The van der Waals surface area contributed by atoms with Crippen LogP contribution < -0.4 is 5.73 Å². The summed E-state index contributed by atoms with van der Waals surface area (Å²) in [5.74, 6) is 1.51. The molecule has 1 unspecified atom stereocenters. The molecule has 0 radical (unpaired) electrons. The molecule has 1 aliphatic rings. The van der Waals surface area contributed by atoms with Crippen LogP contribution in [0.15, 0.2) is 24.4 Å². The average Bonchev–Trinajstić information content (AvgIpc) is 2.43. The second kappa shape index (κ2) is 9.60. The number of halogens is 2. The summed E-state index contributed by atoms with van der Waals surface area (Å²) in [4.78, 5) is 18.4. The zero-order chi connectivity index (χ0) is 14.6. The van der Waals surface area contributed by atoms with E-state index in [1.165, 1.54) is 0 Å². The van der Waals surface area contributed by atoms with E-state index in [4.69, 9.17) is 5.73 Å². The smallest absolute Gasteiger partial charge is 0.232 e. The van der Waals surface area contributed by atoms with Crippen LogP contribution in [0.1, 0.15) is 26.0 Å². The van der Waals surface area contributed by atoms with E-state index in [0.717, 1.165) is 31.0 Å². The van der Waals surface area contributed by atoms with E-state index in [-0.39, 0.29) is 42.2 Å². The predicted octanol–water partition coefficient (Wildman–Crippen LogP) is 2.74. The number of piperidine rings is 1. The first-order valence-corrected chi connectivity index (χ1v) is 8.15. The molecule has 4 nitrogen and oxygen atoms in total. The third-order valence-electron chi connectivity index (χ3n) is 3.87. The molecule has 1 fully saturated rings. The normalized spacial score (nSPS) is 19.8. The number of thioether (sulfide) groups is 1. The quantitative estimate of drug-likeness (QED) is 0.890. The van der Waals surface area contributed by atoms with Gasteiger partial charge in [0.2, 0.25) is 5.91 Å². The Bertz CT molecular complexity index is 459. The molecule has 1 atom stereocenters. The highest BCUT2D eigenvalue weighted by Crippen LogP contribution is 2.28.